The zero-order valence-electron chi connectivity index (χ0n) is 13.8. The third-order valence-electron chi connectivity index (χ3n) is 4.47. The fraction of sp³-hybridized carbons (Fsp3) is 0.353. The van der Waals surface area contributed by atoms with Crippen LogP contribution in [0.2, 0.25) is 0 Å². The number of likely N-dealkylation sites (tertiary alicyclic amines) is 1. The summed E-state index contributed by atoms with van der Waals surface area (Å²) in [7, 11) is 0. The average Bonchev–Trinajstić information content (AvgIpc) is 3.13. The summed E-state index contributed by atoms with van der Waals surface area (Å²) in [5.74, 6) is -3.30. The molecule has 1 N–H and O–H groups in total. The third-order valence-corrected chi connectivity index (χ3v) is 4.47. The van der Waals surface area contributed by atoms with Crippen LogP contribution in [-0.4, -0.2) is 44.8 Å². The number of aromatic nitrogens is 2. The van der Waals surface area contributed by atoms with Crippen LogP contribution in [0.5, 0.6) is 0 Å². The van der Waals surface area contributed by atoms with Crippen LogP contribution in [0.1, 0.15) is 28.2 Å². The largest absolute Gasteiger partial charge is 0.481 e. The Morgan fingerprint density at radius 3 is 2.60 bits per heavy atom. The Morgan fingerprint density at radius 1 is 1.28 bits per heavy atom. The van der Waals surface area contributed by atoms with Gasteiger partial charge in [0.15, 0.2) is 5.82 Å². The average molecular weight is 349 g/mol. The van der Waals surface area contributed by atoms with Gasteiger partial charge in [-0.15, -0.1) is 0 Å². The molecule has 1 amide bonds. The fourth-order valence-electron chi connectivity index (χ4n) is 3.14. The van der Waals surface area contributed by atoms with Gasteiger partial charge in [-0.1, -0.05) is 0 Å². The van der Waals surface area contributed by atoms with E-state index in [0.717, 1.165) is 12.1 Å². The number of halogens is 2. The van der Waals surface area contributed by atoms with E-state index in [1.807, 2.05) is 0 Å². The van der Waals surface area contributed by atoms with Gasteiger partial charge in [-0.25, -0.2) is 13.5 Å². The summed E-state index contributed by atoms with van der Waals surface area (Å²) in [5.41, 5.74) is 1.19. The van der Waals surface area contributed by atoms with Gasteiger partial charge in [0, 0.05) is 19.2 Å². The molecule has 8 heteroatoms. The number of benzene rings is 1. The Morgan fingerprint density at radius 2 is 2.00 bits per heavy atom. The molecule has 1 unspecified atom stereocenters. The van der Waals surface area contributed by atoms with Crippen LogP contribution in [0.3, 0.4) is 0 Å². The van der Waals surface area contributed by atoms with Crippen LogP contribution in [0, 0.1) is 31.4 Å². The third kappa shape index (κ3) is 2.99. The number of hydrogen-bond acceptors (Lipinski definition) is 3. The van der Waals surface area contributed by atoms with E-state index in [-0.39, 0.29) is 18.1 Å². The lowest BCUT2D eigenvalue weighted by Gasteiger charge is -2.16. The Bertz CT molecular complexity index is 863. The zero-order valence-corrected chi connectivity index (χ0v) is 13.8. The molecule has 1 atom stereocenters. The molecule has 1 aromatic heterocycles. The predicted octanol–water partition coefficient (Wildman–Crippen LogP) is 2.31. The van der Waals surface area contributed by atoms with Crippen LogP contribution >= 0.6 is 0 Å². The number of carboxylic acids is 1. The first-order valence-corrected chi connectivity index (χ1v) is 7.83. The number of hydrogen-bond donors (Lipinski definition) is 1. The fourth-order valence-corrected chi connectivity index (χ4v) is 3.14. The van der Waals surface area contributed by atoms with E-state index in [1.54, 1.807) is 13.8 Å². The van der Waals surface area contributed by atoms with Crippen LogP contribution in [0.15, 0.2) is 18.2 Å². The van der Waals surface area contributed by atoms with E-state index in [2.05, 4.69) is 5.10 Å². The Balaban J connectivity index is 1.95. The van der Waals surface area contributed by atoms with E-state index in [1.165, 1.54) is 15.6 Å². The maximum Gasteiger partial charge on any atom is 0.308 e. The molecule has 25 heavy (non-hydrogen) atoms. The van der Waals surface area contributed by atoms with Crippen LogP contribution in [0.25, 0.3) is 5.69 Å². The molecule has 0 spiro atoms. The van der Waals surface area contributed by atoms with Crippen molar-refractivity contribution in [3.8, 4) is 5.69 Å². The number of aryl methyl sites for hydroxylation is 1. The minimum atomic E-state index is -0.923. The molecular formula is C17H17F2N3O3. The molecule has 1 aliphatic rings. The first-order chi connectivity index (χ1) is 11.8. The van der Waals surface area contributed by atoms with E-state index in [4.69, 9.17) is 5.11 Å². The topological polar surface area (TPSA) is 75.4 Å². The summed E-state index contributed by atoms with van der Waals surface area (Å²) >= 11 is 0. The number of nitrogens with zero attached hydrogens (tertiary/aromatic N) is 3. The quantitative estimate of drug-likeness (QED) is 0.923. The SMILES string of the molecule is Cc1nn(-c2ccc(F)cc2F)c(C)c1C(=O)N1CCC(C(=O)O)C1. The minimum absolute atomic E-state index is 0.0471. The number of rotatable bonds is 3. The van der Waals surface area contributed by atoms with Crippen molar-refractivity contribution in [1.29, 1.82) is 0 Å². The molecule has 1 aliphatic heterocycles. The Hall–Kier alpha value is -2.77. The standard InChI is InChI=1S/C17H17F2N3O3/c1-9-15(16(23)21-6-5-11(8-21)17(24)25)10(2)22(20-9)14-4-3-12(18)7-13(14)19/h3-4,7,11H,5-6,8H2,1-2H3,(H,24,25). The van der Waals surface area contributed by atoms with Crippen molar-refractivity contribution in [3.05, 3.63) is 46.8 Å². The van der Waals surface area contributed by atoms with Crippen molar-refractivity contribution in [2.75, 3.05) is 13.1 Å². The van der Waals surface area contributed by atoms with Crippen molar-refractivity contribution >= 4 is 11.9 Å². The lowest BCUT2D eigenvalue weighted by Crippen LogP contribution is -2.30. The van der Waals surface area contributed by atoms with Crippen molar-refractivity contribution in [2.45, 2.75) is 20.3 Å². The van der Waals surface area contributed by atoms with Crippen molar-refractivity contribution < 1.29 is 23.5 Å². The van der Waals surface area contributed by atoms with Gasteiger partial charge in [0.2, 0.25) is 0 Å². The van der Waals surface area contributed by atoms with E-state index < -0.39 is 23.5 Å². The number of aliphatic carboxylic acids is 1. The molecule has 132 valence electrons. The van der Waals surface area contributed by atoms with Crippen LogP contribution in [0.4, 0.5) is 8.78 Å². The highest BCUT2D eigenvalue weighted by Gasteiger charge is 2.33. The first-order valence-electron chi connectivity index (χ1n) is 7.83. The van der Waals surface area contributed by atoms with E-state index in [9.17, 15) is 18.4 Å². The summed E-state index contributed by atoms with van der Waals surface area (Å²) in [5, 5.41) is 13.3. The maximum atomic E-state index is 14.0. The van der Waals surface area contributed by atoms with Crippen LogP contribution in [-0.2, 0) is 4.79 Å². The number of carboxylic acid groups (broad SMARTS) is 1. The van der Waals surface area contributed by atoms with Gasteiger partial charge in [0.1, 0.15) is 11.5 Å². The van der Waals surface area contributed by atoms with Crippen molar-refractivity contribution in [1.82, 2.24) is 14.7 Å². The predicted molar refractivity (Wildman–Crippen MR) is 84.6 cm³/mol. The highest BCUT2D eigenvalue weighted by molar-refractivity contribution is 5.97. The minimum Gasteiger partial charge on any atom is -0.481 e. The molecule has 0 aliphatic carbocycles. The maximum absolute atomic E-state index is 14.0. The number of carbonyl (C=O) groups excluding carboxylic acids is 1. The summed E-state index contributed by atoms with van der Waals surface area (Å²) in [6, 6.07) is 3.13. The van der Waals surface area contributed by atoms with Gasteiger partial charge in [0.05, 0.1) is 22.9 Å². The molecular weight excluding hydrogens is 332 g/mol. The molecule has 0 radical (unpaired) electrons. The molecule has 3 rings (SSSR count). The highest BCUT2D eigenvalue weighted by Crippen LogP contribution is 2.25. The number of carbonyl (C=O) groups is 2. The molecule has 1 saturated heterocycles. The first kappa shape index (κ1) is 17.1. The van der Waals surface area contributed by atoms with Crippen molar-refractivity contribution in [3.63, 3.8) is 0 Å². The summed E-state index contributed by atoms with van der Waals surface area (Å²) in [4.78, 5) is 25.3. The highest BCUT2D eigenvalue weighted by atomic mass is 19.1. The second-order valence-electron chi connectivity index (χ2n) is 6.13. The van der Waals surface area contributed by atoms with E-state index >= 15 is 0 Å². The molecule has 0 saturated carbocycles. The van der Waals surface area contributed by atoms with Gasteiger partial charge in [-0.3, -0.25) is 9.59 Å². The van der Waals surface area contributed by atoms with Crippen LogP contribution < -0.4 is 0 Å². The monoisotopic (exact) mass is 349 g/mol. The van der Waals surface area contributed by atoms with Gasteiger partial charge in [-0.05, 0) is 32.4 Å². The number of amides is 1. The molecule has 1 aromatic carbocycles. The second-order valence-corrected chi connectivity index (χ2v) is 6.13. The van der Waals surface area contributed by atoms with Crippen molar-refractivity contribution in [2.24, 2.45) is 5.92 Å². The molecule has 2 heterocycles. The zero-order chi connectivity index (χ0) is 18.3. The lowest BCUT2D eigenvalue weighted by atomic mass is 10.1. The molecule has 2 aromatic rings. The summed E-state index contributed by atoms with van der Waals surface area (Å²) in [6.45, 7) is 3.75. The van der Waals surface area contributed by atoms with Gasteiger partial charge >= 0.3 is 5.97 Å². The smallest absolute Gasteiger partial charge is 0.308 e. The summed E-state index contributed by atoms with van der Waals surface area (Å²) in [6.07, 6.45) is 0.403. The lowest BCUT2D eigenvalue weighted by molar-refractivity contribution is -0.141. The molecule has 0 bridgehead atoms. The normalized spacial score (nSPS) is 17.1. The van der Waals surface area contributed by atoms with Gasteiger partial charge in [-0.2, -0.15) is 5.10 Å². The Labute approximate surface area is 142 Å². The summed E-state index contributed by atoms with van der Waals surface area (Å²) < 4.78 is 28.4. The Kier molecular flexibility index (Phi) is 4.28. The van der Waals surface area contributed by atoms with Gasteiger partial charge in [0.25, 0.3) is 5.91 Å². The van der Waals surface area contributed by atoms with E-state index in [0.29, 0.717) is 29.9 Å². The van der Waals surface area contributed by atoms with Gasteiger partial charge < -0.3 is 10.0 Å². The molecule has 6 nitrogen and oxygen atoms in total. The molecule has 1 fully saturated rings. The second kappa shape index (κ2) is 6.27.